The van der Waals surface area contributed by atoms with Gasteiger partial charge in [0.15, 0.2) is 0 Å². The molecule has 1 atom stereocenters. The molecule has 0 amide bonds. The van der Waals surface area contributed by atoms with Gasteiger partial charge in [0.2, 0.25) is 0 Å². The number of carbonyl (C=O) groups is 1. The topological polar surface area (TPSA) is 73.6 Å². The third kappa shape index (κ3) is 2.70. The van der Waals surface area contributed by atoms with Crippen LogP contribution in [0.3, 0.4) is 0 Å². The van der Waals surface area contributed by atoms with Crippen molar-refractivity contribution in [3.05, 3.63) is 58.1 Å². The van der Waals surface area contributed by atoms with E-state index in [1.165, 1.54) is 20.1 Å². The smallest absolute Gasteiger partial charge is 0.352 e. The zero-order chi connectivity index (χ0) is 14.7. The molecule has 5 nitrogen and oxygen atoms in total. The third-order valence-corrected chi connectivity index (χ3v) is 4.05. The quantitative estimate of drug-likeness (QED) is 0.808. The first-order valence-electron chi connectivity index (χ1n) is 5.74. The third-order valence-electron chi connectivity index (χ3n) is 2.66. The lowest BCUT2D eigenvalue weighted by atomic mass is 10.2. The Morgan fingerprint density at radius 3 is 2.50 bits per heavy atom. The van der Waals surface area contributed by atoms with Gasteiger partial charge in [-0.1, -0.05) is 18.2 Å². The van der Waals surface area contributed by atoms with Gasteiger partial charge in [0.1, 0.15) is 10.7 Å². The van der Waals surface area contributed by atoms with Crippen molar-refractivity contribution in [3.63, 3.8) is 0 Å². The molecular weight excluding hydrogens is 280 g/mol. The molecule has 1 aromatic heterocycles. The van der Waals surface area contributed by atoms with Gasteiger partial charge in [-0.15, -0.1) is 0 Å². The molecule has 0 aliphatic heterocycles. The van der Waals surface area contributed by atoms with E-state index in [4.69, 9.17) is 4.42 Å². The van der Waals surface area contributed by atoms with E-state index in [1.807, 2.05) is 0 Å². The van der Waals surface area contributed by atoms with Crippen LogP contribution in [0.2, 0.25) is 0 Å². The molecule has 20 heavy (non-hydrogen) atoms. The summed E-state index contributed by atoms with van der Waals surface area (Å²) in [5, 5.41) is 0. The second-order valence-electron chi connectivity index (χ2n) is 3.94. The second-order valence-corrected chi connectivity index (χ2v) is 5.39. The second kappa shape index (κ2) is 5.83. The normalized spacial score (nSPS) is 11.9. The maximum atomic E-state index is 12.3. The highest BCUT2D eigenvalue weighted by Gasteiger charge is 2.19. The number of benzene rings is 1. The molecule has 0 saturated heterocycles. The van der Waals surface area contributed by atoms with E-state index in [2.05, 4.69) is 4.74 Å². The molecule has 104 valence electrons. The van der Waals surface area contributed by atoms with Crippen LogP contribution in [0.1, 0.15) is 16.1 Å². The fourth-order valence-electron chi connectivity index (χ4n) is 1.65. The molecular formula is C14H12O5S. The van der Waals surface area contributed by atoms with Gasteiger partial charge in [0.05, 0.1) is 23.5 Å². The fourth-order valence-corrected chi connectivity index (χ4v) is 2.73. The summed E-state index contributed by atoms with van der Waals surface area (Å²) in [4.78, 5) is 23.8. The monoisotopic (exact) mass is 292 g/mol. The Morgan fingerprint density at radius 1 is 1.25 bits per heavy atom. The first kappa shape index (κ1) is 14.2. The largest absolute Gasteiger partial charge is 0.465 e. The van der Waals surface area contributed by atoms with Crippen LogP contribution < -0.4 is 5.63 Å². The van der Waals surface area contributed by atoms with E-state index in [0.29, 0.717) is 4.90 Å². The number of carbonyl (C=O) groups excluding carboxylic acids is 1. The number of aryl methyl sites for hydroxylation is 1. The maximum absolute atomic E-state index is 12.3. The molecule has 1 unspecified atom stereocenters. The minimum atomic E-state index is -1.71. The molecule has 0 aliphatic rings. The highest BCUT2D eigenvalue weighted by molar-refractivity contribution is 7.85. The standard InChI is InChI=1S/C14H12O5S/c1-9-11(13(15)18-2)8-12(14(16)19-9)20(17)10-6-4-3-5-7-10/h3-8H,1-2H3. The highest BCUT2D eigenvalue weighted by atomic mass is 32.2. The van der Waals surface area contributed by atoms with Crippen LogP contribution >= 0.6 is 0 Å². The van der Waals surface area contributed by atoms with Gasteiger partial charge in [-0.2, -0.15) is 0 Å². The molecule has 1 aromatic carbocycles. The molecule has 0 fully saturated rings. The zero-order valence-electron chi connectivity index (χ0n) is 10.9. The predicted molar refractivity (Wildman–Crippen MR) is 72.2 cm³/mol. The number of hydrogen-bond donors (Lipinski definition) is 0. The highest BCUT2D eigenvalue weighted by Crippen LogP contribution is 2.16. The van der Waals surface area contributed by atoms with E-state index in [9.17, 15) is 13.8 Å². The van der Waals surface area contributed by atoms with Gasteiger partial charge in [0, 0.05) is 4.90 Å². The number of rotatable bonds is 3. The van der Waals surface area contributed by atoms with E-state index in [0.717, 1.165) is 0 Å². The van der Waals surface area contributed by atoms with Crippen molar-refractivity contribution in [1.29, 1.82) is 0 Å². The molecule has 0 bridgehead atoms. The average molecular weight is 292 g/mol. The molecule has 0 N–H and O–H groups in total. The number of methoxy groups -OCH3 is 1. The van der Waals surface area contributed by atoms with Crippen molar-refractivity contribution in [1.82, 2.24) is 0 Å². The Balaban J connectivity index is 2.55. The molecule has 1 heterocycles. The van der Waals surface area contributed by atoms with Crippen molar-refractivity contribution in [2.45, 2.75) is 16.7 Å². The number of ether oxygens (including phenoxy) is 1. The SMILES string of the molecule is COC(=O)c1cc(S(=O)c2ccccc2)c(=O)oc1C. The van der Waals surface area contributed by atoms with Crippen molar-refractivity contribution in [2.24, 2.45) is 0 Å². The molecule has 6 heteroatoms. The number of esters is 1. The predicted octanol–water partition coefficient (Wildman–Crippen LogP) is 1.90. The van der Waals surface area contributed by atoms with Crippen LogP contribution in [0.25, 0.3) is 0 Å². The minimum absolute atomic E-state index is 0.0813. The Morgan fingerprint density at radius 2 is 1.90 bits per heavy atom. The summed E-state index contributed by atoms with van der Waals surface area (Å²) in [6, 6.07) is 9.73. The zero-order valence-corrected chi connectivity index (χ0v) is 11.7. The molecule has 2 aromatic rings. The van der Waals surface area contributed by atoms with Crippen LogP contribution in [0.4, 0.5) is 0 Å². The van der Waals surface area contributed by atoms with E-state index < -0.39 is 22.4 Å². The molecule has 0 saturated carbocycles. The first-order chi connectivity index (χ1) is 9.54. The van der Waals surface area contributed by atoms with Gasteiger partial charge in [0.25, 0.3) is 0 Å². The Kier molecular flexibility index (Phi) is 4.14. The summed E-state index contributed by atoms with van der Waals surface area (Å²) in [5.41, 5.74) is -0.635. The molecule has 0 aliphatic carbocycles. The van der Waals surface area contributed by atoms with Crippen molar-refractivity contribution < 1.29 is 18.2 Å². The Hall–Kier alpha value is -2.21. The number of hydrogen-bond acceptors (Lipinski definition) is 5. The summed E-state index contributed by atoms with van der Waals surface area (Å²) >= 11 is 0. The lowest BCUT2D eigenvalue weighted by Crippen LogP contribution is -2.14. The lowest BCUT2D eigenvalue weighted by Gasteiger charge is -2.05. The Labute approximate surface area is 117 Å². The van der Waals surface area contributed by atoms with Gasteiger partial charge in [-0.05, 0) is 25.1 Å². The van der Waals surface area contributed by atoms with Crippen LogP contribution in [-0.2, 0) is 15.5 Å². The summed E-state index contributed by atoms with van der Waals surface area (Å²) in [5.74, 6) is -0.506. The lowest BCUT2D eigenvalue weighted by molar-refractivity contribution is 0.0595. The van der Waals surface area contributed by atoms with E-state index in [1.54, 1.807) is 30.3 Å². The van der Waals surface area contributed by atoms with Crippen molar-refractivity contribution in [3.8, 4) is 0 Å². The molecule has 0 radical (unpaired) electrons. The Bertz CT molecular complexity index is 718. The maximum Gasteiger partial charge on any atom is 0.352 e. The van der Waals surface area contributed by atoms with E-state index in [-0.39, 0.29) is 16.2 Å². The van der Waals surface area contributed by atoms with Gasteiger partial charge >= 0.3 is 11.6 Å². The van der Waals surface area contributed by atoms with Crippen LogP contribution in [0.5, 0.6) is 0 Å². The van der Waals surface area contributed by atoms with E-state index >= 15 is 0 Å². The minimum Gasteiger partial charge on any atom is -0.465 e. The summed E-state index contributed by atoms with van der Waals surface area (Å²) in [7, 11) is -0.487. The molecule has 2 rings (SSSR count). The van der Waals surface area contributed by atoms with Gasteiger partial charge in [-0.25, -0.2) is 13.8 Å². The first-order valence-corrected chi connectivity index (χ1v) is 6.89. The summed E-state index contributed by atoms with van der Waals surface area (Å²) in [6.45, 7) is 1.48. The summed E-state index contributed by atoms with van der Waals surface area (Å²) < 4.78 is 21.9. The van der Waals surface area contributed by atoms with Crippen molar-refractivity contribution >= 4 is 16.8 Å². The molecule has 0 spiro atoms. The summed E-state index contributed by atoms with van der Waals surface area (Å²) in [6.07, 6.45) is 0. The van der Waals surface area contributed by atoms with Crippen molar-refractivity contribution in [2.75, 3.05) is 7.11 Å². The van der Waals surface area contributed by atoms with Crippen LogP contribution in [0.15, 0.2) is 55.4 Å². The van der Waals surface area contributed by atoms with Gasteiger partial charge in [-0.3, -0.25) is 0 Å². The van der Waals surface area contributed by atoms with Crippen LogP contribution in [0, 0.1) is 6.92 Å². The van der Waals surface area contributed by atoms with Crippen LogP contribution in [-0.4, -0.2) is 17.3 Å². The average Bonchev–Trinajstić information content (AvgIpc) is 2.47. The fraction of sp³-hybridized carbons (Fsp3) is 0.143. The van der Waals surface area contributed by atoms with Gasteiger partial charge < -0.3 is 9.15 Å².